The van der Waals surface area contributed by atoms with Gasteiger partial charge in [0.25, 0.3) is 0 Å². The van der Waals surface area contributed by atoms with Crippen LogP contribution in [-0.4, -0.2) is 58.9 Å². The molecular formula is C16H24N4O2S. The first kappa shape index (κ1) is 16.6. The van der Waals surface area contributed by atoms with Crippen LogP contribution in [0.5, 0.6) is 0 Å². The molecule has 1 unspecified atom stereocenters. The van der Waals surface area contributed by atoms with Crippen LogP contribution in [0.25, 0.3) is 10.2 Å². The summed E-state index contributed by atoms with van der Waals surface area (Å²) in [6.07, 6.45) is -0.414. The van der Waals surface area contributed by atoms with Crippen LogP contribution in [0, 0.1) is 13.8 Å². The number of aromatic nitrogens is 2. The molecule has 0 aromatic carbocycles. The number of aryl methyl sites for hydroxylation is 2. The van der Waals surface area contributed by atoms with Crippen molar-refractivity contribution in [2.24, 2.45) is 0 Å². The zero-order valence-corrected chi connectivity index (χ0v) is 14.7. The number of ether oxygens (including phenoxy) is 1. The highest BCUT2D eigenvalue weighted by Crippen LogP contribution is 2.33. The first-order chi connectivity index (χ1) is 11.0. The second kappa shape index (κ2) is 7.09. The van der Waals surface area contributed by atoms with Crippen molar-refractivity contribution < 1.29 is 9.84 Å². The van der Waals surface area contributed by atoms with Gasteiger partial charge in [-0.05, 0) is 26.3 Å². The van der Waals surface area contributed by atoms with E-state index in [1.54, 1.807) is 18.3 Å². The second-order valence-electron chi connectivity index (χ2n) is 6.07. The molecule has 1 atom stereocenters. The van der Waals surface area contributed by atoms with Gasteiger partial charge in [-0.2, -0.15) is 0 Å². The summed E-state index contributed by atoms with van der Waals surface area (Å²) >= 11 is 1.71. The Bertz CT molecular complexity index is 680. The first-order valence-corrected chi connectivity index (χ1v) is 8.85. The Morgan fingerprint density at radius 1 is 1.30 bits per heavy atom. The van der Waals surface area contributed by atoms with Crippen molar-refractivity contribution in [2.45, 2.75) is 33.4 Å². The van der Waals surface area contributed by atoms with Crippen LogP contribution in [0.1, 0.15) is 23.2 Å². The van der Waals surface area contributed by atoms with Crippen LogP contribution in [0.3, 0.4) is 0 Å². The van der Waals surface area contributed by atoms with Crippen LogP contribution in [-0.2, 0) is 11.3 Å². The lowest BCUT2D eigenvalue weighted by atomic mass is 10.2. The van der Waals surface area contributed by atoms with Crippen molar-refractivity contribution in [3.8, 4) is 0 Å². The molecule has 3 heterocycles. The fourth-order valence-corrected chi connectivity index (χ4v) is 3.74. The molecule has 0 aliphatic carbocycles. The molecule has 1 aliphatic rings. The summed E-state index contributed by atoms with van der Waals surface area (Å²) in [4.78, 5) is 14.1. The molecule has 126 valence electrons. The summed E-state index contributed by atoms with van der Waals surface area (Å²) in [7, 11) is 0. The molecule has 6 nitrogen and oxygen atoms in total. The van der Waals surface area contributed by atoms with E-state index in [2.05, 4.69) is 24.1 Å². The summed E-state index contributed by atoms with van der Waals surface area (Å²) in [5.74, 6) is 1.66. The summed E-state index contributed by atoms with van der Waals surface area (Å²) in [6.45, 7) is 10.6. The number of nitrogens with zero attached hydrogens (tertiary/aromatic N) is 3. The van der Waals surface area contributed by atoms with Gasteiger partial charge >= 0.3 is 0 Å². The number of aliphatic hydroxyl groups excluding tert-OH is 1. The fraction of sp³-hybridized carbons (Fsp3) is 0.625. The lowest BCUT2D eigenvalue weighted by Crippen LogP contribution is -2.36. The predicted octanol–water partition coefficient (Wildman–Crippen LogP) is 1.93. The van der Waals surface area contributed by atoms with Crippen LogP contribution in [0.15, 0.2) is 0 Å². The third-order valence-corrected chi connectivity index (χ3v) is 5.21. The second-order valence-corrected chi connectivity index (χ2v) is 7.27. The molecule has 23 heavy (non-hydrogen) atoms. The van der Waals surface area contributed by atoms with Gasteiger partial charge in [0.2, 0.25) is 0 Å². The molecule has 1 aliphatic heterocycles. The van der Waals surface area contributed by atoms with Gasteiger partial charge in [0.05, 0.1) is 31.2 Å². The Morgan fingerprint density at radius 3 is 2.74 bits per heavy atom. The molecule has 0 amide bonds. The Balaban J connectivity index is 1.92. The molecule has 2 aromatic heterocycles. The van der Waals surface area contributed by atoms with Crippen LogP contribution >= 0.6 is 11.3 Å². The summed E-state index contributed by atoms with van der Waals surface area (Å²) in [5.41, 5.74) is 1.22. The molecule has 0 bridgehead atoms. The highest BCUT2D eigenvalue weighted by molar-refractivity contribution is 7.18. The van der Waals surface area contributed by atoms with E-state index in [0.29, 0.717) is 6.54 Å². The van der Waals surface area contributed by atoms with Crippen LogP contribution < -0.4 is 5.32 Å². The van der Waals surface area contributed by atoms with Gasteiger partial charge in [0, 0.05) is 24.5 Å². The first-order valence-electron chi connectivity index (χ1n) is 8.03. The van der Waals surface area contributed by atoms with Crippen molar-refractivity contribution in [2.75, 3.05) is 38.2 Å². The van der Waals surface area contributed by atoms with Crippen molar-refractivity contribution >= 4 is 27.4 Å². The van der Waals surface area contributed by atoms with E-state index in [9.17, 15) is 5.11 Å². The molecule has 1 saturated heterocycles. The minimum Gasteiger partial charge on any atom is -0.392 e. The van der Waals surface area contributed by atoms with E-state index in [1.165, 1.54) is 10.4 Å². The van der Waals surface area contributed by atoms with E-state index in [4.69, 9.17) is 14.7 Å². The Hall–Kier alpha value is -1.28. The summed E-state index contributed by atoms with van der Waals surface area (Å²) < 4.78 is 5.39. The topological polar surface area (TPSA) is 70.5 Å². The number of nitrogens with one attached hydrogen (secondary N) is 1. The molecule has 7 heteroatoms. The van der Waals surface area contributed by atoms with Crippen molar-refractivity contribution in [1.82, 2.24) is 14.9 Å². The zero-order valence-electron chi connectivity index (χ0n) is 13.9. The van der Waals surface area contributed by atoms with Gasteiger partial charge in [-0.3, -0.25) is 4.90 Å². The Morgan fingerprint density at radius 2 is 2.04 bits per heavy atom. The van der Waals surface area contributed by atoms with E-state index in [1.807, 2.05) is 0 Å². The molecule has 0 radical (unpaired) electrons. The van der Waals surface area contributed by atoms with Crippen molar-refractivity contribution in [3.05, 3.63) is 16.3 Å². The van der Waals surface area contributed by atoms with Gasteiger partial charge in [0.1, 0.15) is 16.5 Å². The lowest BCUT2D eigenvalue weighted by Gasteiger charge is -2.25. The monoisotopic (exact) mass is 336 g/mol. The normalized spacial score (nSPS) is 17.6. The van der Waals surface area contributed by atoms with Crippen LogP contribution in [0.4, 0.5) is 5.82 Å². The molecule has 0 saturated carbocycles. The average Bonchev–Trinajstić information content (AvgIpc) is 2.81. The van der Waals surface area contributed by atoms with E-state index in [0.717, 1.165) is 54.7 Å². The number of anilines is 1. The maximum absolute atomic E-state index is 9.57. The quantitative estimate of drug-likeness (QED) is 0.869. The number of thiophene rings is 1. The molecule has 2 N–H and O–H groups in total. The summed E-state index contributed by atoms with van der Waals surface area (Å²) in [5, 5.41) is 13.9. The summed E-state index contributed by atoms with van der Waals surface area (Å²) in [6, 6.07) is 0. The van der Waals surface area contributed by atoms with E-state index in [-0.39, 0.29) is 0 Å². The number of fused-ring (bicyclic) bond motifs is 1. The van der Waals surface area contributed by atoms with E-state index < -0.39 is 6.10 Å². The minimum atomic E-state index is -0.414. The number of rotatable bonds is 5. The average molecular weight is 336 g/mol. The number of morpholine rings is 1. The Kier molecular flexibility index (Phi) is 5.11. The largest absolute Gasteiger partial charge is 0.392 e. The van der Waals surface area contributed by atoms with Crippen molar-refractivity contribution in [1.29, 1.82) is 0 Å². The molecule has 1 fully saturated rings. The highest BCUT2D eigenvalue weighted by atomic mass is 32.1. The molecule has 2 aromatic rings. The van der Waals surface area contributed by atoms with Gasteiger partial charge in [-0.25, -0.2) is 9.97 Å². The number of aliphatic hydroxyl groups is 1. The standard InChI is InChI=1S/C16H24N4O2S/c1-10(21)8-17-15-14-11(2)12(3)23-16(14)19-13(18-15)9-20-4-6-22-7-5-20/h10,21H,4-9H2,1-3H3,(H,17,18,19). The van der Waals surface area contributed by atoms with Gasteiger partial charge in [-0.15, -0.1) is 11.3 Å². The maximum atomic E-state index is 9.57. The number of hydrogen-bond acceptors (Lipinski definition) is 7. The molecule has 0 spiro atoms. The SMILES string of the molecule is Cc1sc2nc(CN3CCOCC3)nc(NCC(C)O)c2c1C. The van der Waals surface area contributed by atoms with Crippen molar-refractivity contribution in [3.63, 3.8) is 0 Å². The Labute approximate surface area is 140 Å². The van der Waals surface area contributed by atoms with E-state index >= 15 is 0 Å². The maximum Gasteiger partial charge on any atom is 0.146 e. The zero-order chi connectivity index (χ0) is 16.4. The van der Waals surface area contributed by atoms with Gasteiger partial charge in [0.15, 0.2) is 0 Å². The lowest BCUT2D eigenvalue weighted by molar-refractivity contribution is 0.0331. The molecule has 3 rings (SSSR count). The predicted molar refractivity (Wildman–Crippen MR) is 93.2 cm³/mol. The fourth-order valence-electron chi connectivity index (χ4n) is 2.70. The third-order valence-electron chi connectivity index (χ3n) is 4.11. The number of hydrogen-bond donors (Lipinski definition) is 2. The molecular weight excluding hydrogens is 312 g/mol. The third kappa shape index (κ3) is 3.80. The van der Waals surface area contributed by atoms with Gasteiger partial charge in [-0.1, -0.05) is 0 Å². The highest BCUT2D eigenvalue weighted by Gasteiger charge is 2.17. The van der Waals surface area contributed by atoms with Crippen LogP contribution in [0.2, 0.25) is 0 Å². The van der Waals surface area contributed by atoms with Gasteiger partial charge < -0.3 is 15.2 Å². The minimum absolute atomic E-state index is 0.414. The smallest absolute Gasteiger partial charge is 0.146 e.